The molecular formula is C15H11N3O. The minimum atomic E-state index is -0.398. The zero-order valence-corrected chi connectivity index (χ0v) is 10.1. The maximum Gasteiger partial charge on any atom is 0.298 e. The lowest BCUT2D eigenvalue weighted by atomic mass is 10.1. The second kappa shape index (κ2) is 4.49. The van der Waals surface area contributed by atoms with Crippen molar-refractivity contribution in [2.75, 3.05) is 5.01 Å². The molecule has 4 nitrogen and oxygen atoms in total. The van der Waals surface area contributed by atoms with Crippen LogP contribution in [0.4, 0.5) is 5.69 Å². The van der Waals surface area contributed by atoms with Gasteiger partial charge < -0.3 is 0 Å². The van der Waals surface area contributed by atoms with Gasteiger partial charge in [-0.2, -0.15) is 10.1 Å². The van der Waals surface area contributed by atoms with Gasteiger partial charge in [-0.1, -0.05) is 48.5 Å². The van der Waals surface area contributed by atoms with Crippen LogP contribution in [0.3, 0.4) is 0 Å². The molecule has 3 rings (SSSR count). The Morgan fingerprint density at radius 3 is 2.11 bits per heavy atom. The summed E-state index contributed by atoms with van der Waals surface area (Å²) in [5.41, 5.74) is 1.78. The summed E-state index contributed by atoms with van der Waals surface area (Å²) in [5, 5.41) is 13.4. The molecule has 0 bridgehead atoms. The molecule has 0 saturated heterocycles. The van der Waals surface area contributed by atoms with Crippen molar-refractivity contribution >= 4 is 23.0 Å². The number of hydrogen-bond acceptors (Lipinski definition) is 3. The fraction of sp³-hybridized carbons (Fsp3) is 0. The maximum atomic E-state index is 12.1. The number of amides is 1. The van der Waals surface area contributed by atoms with Crippen molar-refractivity contribution in [2.45, 2.75) is 0 Å². The molecule has 0 spiro atoms. The van der Waals surface area contributed by atoms with E-state index in [1.165, 1.54) is 5.01 Å². The van der Waals surface area contributed by atoms with E-state index < -0.39 is 5.91 Å². The largest absolute Gasteiger partial charge is 0.298 e. The first-order valence-electron chi connectivity index (χ1n) is 5.90. The molecule has 0 radical (unpaired) electrons. The van der Waals surface area contributed by atoms with Crippen molar-refractivity contribution < 1.29 is 4.79 Å². The lowest BCUT2D eigenvalue weighted by Crippen LogP contribution is -2.26. The van der Waals surface area contributed by atoms with E-state index >= 15 is 0 Å². The van der Waals surface area contributed by atoms with Gasteiger partial charge in [-0.05, 0) is 12.1 Å². The monoisotopic (exact) mass is 249 g/mol. The number of hydrogen-bond donors (Lipinski definition) is 1. The SMILES string of the molecule is N=C1C(=O)N(c2ccccc2)N=C1c1ccccc1. The quantitative estimate of drug-likeness (QED) is 0.873. The number of hydrazone groups is 1. The number of carbonyl (C=O) groups excluding carboxylic acids is 1. The molecule has 0 unspecified atom stereocenters. The number of rotatable bonds is 2. The molecule has 0 atom stereocenters. The first-order valence-corrected chi connectivity index (χ1v) is 5.90. The number of nitrogens with zero attached hydrogens (tertiary/aromatic N) is 2. The van der Waals surface area contributed by atoms with Crippen molar-refractivity contribution in [1.82, 2.24) is 0 Å². The topological polar surface area (TPSA) is 56.5 Å². The Hall–Kier alpha value is -2.75. The summed E-state index contributed by atoms with van der Waals surface area (Å²) in [7, 11) is 0. The van der Waals surface area contributed by atoms with Crippen LogP contribution in [0.15, 0.2) is 65.8 Å². The van der Waals surface area contributed by atoms with Crippen molar-refractivity contribution in [2.24, 2.45) is 5.10 Å². The van der Waals surface area contributed by atoms with Crippen LogP contribution in [0.2, 0.25) is 0 Å². The van der Waals surface area contributed by atoms with Crippen LogP contribution in [0.25, 0.3) is 0 Å². The molecule has 0 saturated carbocycles. The minimum Gasteiger partial charge on any atom is -0.293 e. The van der Waals surface area contributed by atoms with E-state index in [2.05, 4.69) is 5.10 Å². The molecular weight excluding hydrogens is 238 g/mol. The van der Waals surface area contributed by atoms with Gasteiger partial charge in [-0.15, -0.1) is 0 Å². The fourth-order valence-electron chi connectivity index (χ4n) is 1.94. The van der Waals surface area contributed by atoms with Gasteiger partial charge in [-0.3, -0.25) is 10.2 Å². The zero-order valence-electron chi connectivity index (χ0n) is 10.1. The van der Waals surface area contributed by atoms with E-state index in [1.54, 1.807) is 12.1 Å². The van der Waals surface area contributed by atoms with E-state index in [0.29, 0.717) is 11.4 Å². The summed E-state index contributed by atoms with van der Waals surface area (Å²) in [4.78, 5) is 12.1. The normalized spacial score (nSPS) is 14.7. The molecule has 1 amide bonds. The summed E-state index contributed by atoms with van der Waals surface area (Å²) < 4.78 is 0. The summed E-state index contributed by atoms with van der Waals surface area (Å²) in [6.45, 7) is 0. The standard InChI is InChI=1S/C15H11N3O/c16-13-14(11-7-3-1-4-8-11)17-18(15(13)19)12-9-5-2-6-10-12/h1-10,16H. The number of benzene rings is 2. The third kappa shape index (κ3) is 1.93. The van der Waals surface area contributed by atoms with Gasteiger partial charge in [0, 0.05) is 5.56 Å². The molecule has 2 aromatic rings. The molecule has 4 heteroatoms. The molecule has 1 aliphatic heterocycles. The average Bonchev–Trinajstić information content (AvgIpc) is 2.77. The van der Waals surface area contributed by atoms with Gasteiger partial charge in [0.05, 0.1) is 5.69 Å². The molecule has 0 aliphatic carbocycles. The predicted octanol–water partition coefficient (Wildman–Crippen LogP) is 2.46. The van der Waals surface area contributed by atoms with Crippen LogP contribution in [0.5, 0.6) is 0 Å². The van der Waals surface area contributed by atoms with E-state index in [1.807, 2.05) is 48.5 Å². The van der Waals surface area contributed by atoms with E-state index in [9.17, 15) is 4.79 Å². The summed E-state index contributed by atoms with van der Waals surface area (Å²) in [5.74, 6) is -0.398. The van der Waals surface area contributed by atoms with Gasteiger partial charge in [0.15, 0.2) is 0 Å². The number of anilines is 1. The van der Waals surface area contributed by atoms with Crippen LogP contribution < -0.4 is 5.01 Å². The molecule has 1 N–H and O–H groups in total. The van der Waals surface area contributed by atoms with Crippen LogP contribution >= 0.6 is 0 Å². The summed E-state index contributed by atoms with van der Waals surface area (Å²) >= 11 is 0. The van der Waals surface area contributed by atoms with Gasteiger partial charge in [0.2, 0.25) is 0 Å². The lowest BCUT2D eigenvalue weighted by Gasteiger charge is -2.09. The third-order valence-electron chi connectivity index (χ3n) is 2.89. The Labute approximate surface area is 110 Å². The number of nitrogens with one attached hydrogen (secondary N) is 1. The van der Waals surface area contributed by atoms with Crippen molar-refractivity contribution in [1.29, 1.82) is 5.41 Å². The van der Waals surface area contributed by atoms with Crippen molar-refractivity contribution in [3.63, 3.8) is 0 Å². The second-order valence-electron chi connectivity index (χ2n) is 4.14. The minimum absolute atomic E-state index is 0.0740. The van der Waals surface area contributed by atoms with Gasteiger partial charge >= 0.3 is 0 Å². The lowest BCUT2D eigenvalue weighted by molar-refractivity contribution is -0.112. The highest BCUT2D eigenvalue weighted by molar-refractivity contribution is 6.73. The Balaban J connectivity index is 2.04. The Morgan fingerprint density at radius 1 is 0.895 bits per heavy atom. The predicted molar refractivity (Wildman–Crippen MR) is 74.6 cm³/mol. The van der Waals surface area contributed by atoms with Crippen LogP contribution in [0.1, 0.15) is 5.56 Å². The highest BCUT2D eigenvalue weighted by Crippen LogP contribution is 2.20. The first-order chi connectivity index (χ1) is 9.27. The molecule has 2 aromatic carbocycles. The molecule has 0 fully saturated rings. The number of para-hydroxylation sites is 1. The molecule has 1 aliphatic rings. The maximum absolute atomic E-state index is 12.1. The smallest absolute Gasteiger partial charge is 0.293 e. The summed E-state index contributed by atoms with van der Waals surface area (Å²) in [6, 6.07) is 18.4. The summed E-state index contributed by atoms with van der Waals surface area (Å²) in [6.07, 6.45) is 0. The zero-order chi connectivity index (χ0) is 13.2. The van der Waals surface area contributed by atoms with E-state index in [4.69, 9.17) is 5.41 Å². The average molecular weight is 249 g/mol. The van der Waals surface area contributed by atoms with Crippen LogP contribution in [-0.4, -0.2) is 17.3 Å². The Kier molecular flexibility index (Phi) is 2.68. The van der Waals surface area contributed by atoms with E-state index in [0.717, 1.165) is 5.56 Å². The van der Waals surface area contributed by atoms with Gasteiger partial charge in [0.1, 0.15) is 11.4 Å². The van der Waals surface area contributed by atoms with E-state index in [-0.39, 0.29) is 5.71 Å². The fourth-order valence-corrected chi connectivity index (χ4v) is 1.94. The molecule has 19 heavy (non-hydrogen) atoms. The second-order valence-corrected chi connectivity index (χ2v) is 4.14. The number of carbonyl (C=O) groups is 1. The third-order valence-corrected chi connectivity index (χ3v) is 2.89. The highest BCUT2D eigenvalue weighted by atomic mass is 16.2. The molecule has 0 aromatic heterocycles. The highest BCUT2D eigenvalue weighted by Gasteiger charge is 2.32. The molecule has 92 valence electrons. The van der Waals surface area contributed by atoms with Crippen molar-refractivity contribution in [3.05, 3.63) is 66.2 Å². The van der Waals surface area contributed by atoms with Crippen LogP contribution in [0, 0.1) is 5.41 Å². The Morgan fingerprint density at radius 2 is 1.47 bits per heavy atom. The first kappa shape index (κ1) is 11.3. The Bertz CT molecular complexity index is 662. The van der Waals surface area contributed by atoms with Crippen molar-refractivity contribution in [3.8, 4) is 0 Å². The van der Waals surface area contributed by atoms with Crippen LogP contribution in [-0.2, 0) is 4.79 Å². The molecule has 1 heterocycles. The van der Waals surface area contributed by atoms with Gasteiger partial charge in [-0.25, -0.2) is 0 Å². The van der Waals surface area contributed by atoms with Gasteiger partial charge in [0.25, 0.3) is 5.91 Å².